The lowest BCUT2D eigenvalue weighted by Gasteiger charge is -2.18. The summed E-state index contributed by atoms with van der Waals surface area (Å²) in [5.74, 6) is -0.0564. The second-order valence-electron chi connectivity index (χ2n) is 5.86. The fraction of sp³-hybridized carbons (Fsp3) is 0.353. The number of fused-ring (bicyclic) bond motifs is 1. The topological polar surface area (TPSA) is 71.8 Å². The third kappa shape index (κ3) is 5.17. The van der Waals surface area contributed by atoms with E-state index >= 15 is 0 Å². The lowest BCUT2D eigenvalue weighted by molar-refractivity contribution is -0.123. The minimum Gasteiger partial charge on any atom is -0.352 e. The molecule has 2 N–H and O–H groups in total. The minimum absolute atomic E-state index is 0. The van der Waals surface area contributed by atoms with Crippen LogP contribution in [0.25, 0.3) is 10.2 Å². The van der Waals surface area contributed by atoms with E-state index in [1.165, 1.54) is 4.70 Å². The van der Waals surface area contributed by atoms with Gasteiger partial charge in [-0.15, -0.1) is 36.2 Å². The van der Waals surface area contributed by atoms with Crippen molar-refractivity contribution in [2.24, 2.45) is 7.05 Å². The molecular formula is C17H23Cl2N5OS. The summed E-state index contributed by atoms with van der Waals surface area (Å²) in [6.07, 6.45) is 4.27. The zero-order valence-corrected chi connectivity index (χ0v) is 17.3. The molecule has 142 valence electrons. The van der Waals surface area contributed by atoms with Crippen molar-refractivity contribution in [3.8, 4) is 0 Å². The summed E-state index contributed by atoms with van der Waals surface area (Å²) in [6, 6.07) is 7.68. The molecule has 0 spiro atoms. The lowest BCUT2D eigenvalue weighted by Crippen LogP contribution is -2.41. The Hall–Kier alpha value is -1.67. The number of hydrogen-bond acceptors (Lipinski definition) is 5. The lowest BCUT2D eigenvalue weighted by atomic mass is 10.1. The summed E-state index contributed by atoms with van der Waals surface area (Å²) in [5, 5.41) is 11.3. The number of nitrogens with one attached hydrogen (secondary N) is 2. The van der Waals surface area contributed by atoms with Crippen molar-refractivity contribution in [1.29, 1.82) is 0 Å². The van der Waals surface area contributed by atoms with E-state index < -0.39 is 6.04 Å². The molecule has 0 saturated heterocycles. The van der Waals surface area contributed by atoms with Gasteiger partial charge in [0.1, 0.15) is 6.04 Å². The van der Waals surface area contributed by atoms with E-state index in [0.717, 1.165) is 16.1 Å². The molecule has 2 heterocycles. The van der Waals surface area contributed by atoms with Gasteiger partial charge in [0.2, 0.25) is 5.91 Å². The molecule has 9 heteroatoms. The number of halogens is 2. The maximum atomic E-state index is 12.5. The van der Waals surface area contributed by atoms with Crippen LogP contribution in [0, 0.1) is 0 Å². The number of thiazole rings is 1. The van der Waals surface area contributed by atoms with Gasteiger partial charge in [-0.2, -0.15) is 5.10 Å². The highest BCUT2D eigenvalue weighted by Crippen LogP contribution is 2.22. The molecule has 2 unspecified atom stereocenters. The molecule has 0 aliphatic carbocycles. The zero-order chi connectivity index (χ0) is 17.1. The fourth-order valence-electron chi connectivity index (χ4n) is 2.68. The van der Waals surface area contributed by atoms with Crippen LogP contribution in [0.15, 0.2) is 36.7 Å². The van der Waals surface area contributed by atoms with Gasteiger partial charge in [0.25, 0.3) is 0 Å². The first-order valence-corrected chi connectivity index (χ1v) is 8.69. The maximum Gasteiger partial charge on any atom is 0.242 e. The van der Waals surface area contributed by atoms with Crippen molar-refractivity contribution in [3.63, 3.8) is 0 Å². The SMILES string of the molecule is CNC(C(=O)NC(C)Cc1nc2ccccc2s1)c1cnn(C)c1.Cl.Cl. The van der Waals surface area contributed by atoms with Crippen molar-refractivity contribution in [2.45, 2.75) is 25.4 Å². The summed E-state index contributed by atoms with van der Waals surface area (Å²) >= 11 is 1.68. The van der Waals surface area contributed by atoms with Crippen LogP contribution >= 0.6 is 36.2 Å². The summed E-state index contributed by atoms with van der Waals surface area (Å²) in [4.78, 5) is 17.2. The maximum absolute atomic E-state index is 12.5. The zero-order valence-electron chi connectivity index (χ0n) is 14.8. The number of rotatable bonds is 6. The number of nitrogens with zero attached hydrogens (tertiary/aromatic N) is 3. The highest BCUT2D eigenvalue weighted by atomic mass is 35.5. The quantitative estimate of drug-likeness (QED) is 0.648. The van der Waals surface area contributed by atoms with Gasteiger partial charge in [-0.25, -0.2) is 4.98 Å². The van der Waals surface area contributed by atoms with E-state index in [9.17, 15) is 4.79 Å². The Kier molecular flexibility index (Phi) is 8.49. The molecule has 3 aromatic rings. The van der Waals surface area contributed by atoms with Crippen molar-refractivity contribution in [2.75, 3.05) is 7.05 Å². The molecule has 26 heavy (non-hydrogen) atoms. The van der Waals surface area contributed by atoms with Gasteiger partial charge in [0, 0.05) is 31.3 Å². The molecule has 0 radical (unpaired) electrons. The van der Waals surface area contributed by atoms with Crippen LogP contribution in [0.2, 0.25) is 0 Å². The molecule has 6 nitrogen and oxygen atoms in total. The molecule has 2 aromatic heterocycles. The Bertz CT molecular complexity index is 817. The van der Waals surface area contributed by atoms with Crippen molar-refractivity contribution in [3.05, 3.63) is 47.2 Å². The molecule has 1 aromatic carbocycles. The average Bonchev–Trinajstić information content (AvgIpc) is 3.13. The van der Waals surface area contributed by atoms with Gasteiger partial charge < -0.3 is 10.6 Å². The first-order valence-electron chi connectivity index (χ1n) is 7.87. The normalized spacial score (nSPS) is 12.7. The number of likely N-dealkylation sites (N-methyl/N-ethyl adjacent to an activating group) is 1. The minimum atomic E-state index is -0.406. The molecule has 0 aliphatic rings. The van der Waals surface area contributed by atoms with E-state index in [1.54, 1.807) is 29.3 Å². The van der Waals surface area contributed by atoms with Crippen LogP contribution in [0.3, 0.4) is 0 Å². The largest absolute Gasteiger partial charge is 0.352 e. The van der Waals surface area contributed by atoms with E-state index in [1.807, 2.05) is 38.4 Å². The van der Waals surface area contributed by atoms with Crippen LogP contribution in [0.1, 0.15) is 23.5 Å². The molecule has 0 aliphatic heterocycles. The molecule has 2 atom stereocenters. The van der Waals surface area contributed by atoms with Crippen LogP contribution in [0.5, 0.6) is 0 Å². The Balaban J connectivity index is 0.00000169. The third-order valence-electron chi connectivity index (χ3n) is 3.82. The average molecular weight is 416 g/mol. The second kappa shape index (κ2) is 9.87. The Morgan fingerprint density at radius 2 is 2.04 bits per heavy atom. The smallest absolute Gasteiger partial charge is 0.242 e. The highest BCUT2D eigenvalue weighted by Gasteiger charge is 2.22. The molecule has 0 saturated carbocycles. The number of carbonyl (C=O) groups excluding carboxylic acids is 1. The molecule has 3 rings (SSSR count). The monoisotopic (exact) mass is 415 g/mol. The van der Waals surface area contributed by atoms with Gasteiger partial charge in [-0.05, 0) is 26.1 Å². The predicted molar refractivity (Wildman–Crippen MR) is 110 cm³/mol. The second-order valence-corrected chi connectivity index (χ2v) is 6.97. The van der Waals surface area contributed by atoms with Gasteiger partial charge in [0.05, 0.1) is 21.4 Å². The third-order valence-corrected chi connectivity index (χ3v) is 4.88. The highest BCUT2D eigenvalue weighted by molar-refractivity contribution is 7.18. The fourth-order valence-corrected chi connectivity index (χ4v) is 3.78. The number of para-hydroxylation sites is 1. The first kappa shape index (κ1) is 22.4. The van der Waals surface area contributed by atoms with E-state index in [4.69, 9.17) is 0 Å². The summed E-state index contributed by atoms with van der Waals surface area (Å²) in [7, 11) is 3.61. The van der Waals surface area contributed by atoms with E-state index in [0.29, 0.717) is 6.42 Å². The summed E-state index contributed by atoms with van der Waals surface area (Å²) in [6.45, 7) is 2.00. The first-order chi connectivity index (χ1) is 11.6. The molecule has 1 amide bonds. The van der Waals surface area contributed by atoms with Crippen molar-refractivity contribution in [1.82, 2.24) is 25.4 Å². The van der Waals surface area contributed by atoms with Crippen LogP contribution in [-0.4, -0.2) is 33.8 Å². The Morgan fingerprint density at radius 1 is 1.31 bits per heavy atom. The van der Waals surface area contributed by atoms with Crippen LogP contribution in [0.4, 0.5) is 0 Å². The van der Waals surface area contributed by atoms with Gasteiger partial charge in [-0.1, -0.05) is 12.1 Å². The van der Waals surface area contributed by atoms with E-state index in [2.05, 4.69) is 26.8 Å². The Morgan fingerprint density at radius 3 is 2.65 bits per heavy atom. The van der Waals surface area contributed by atoms with Crippen molar-refractivity contribution >= 4 is 52.3 Å². The number of aryl methyl sites for hydroxylation is 1. The number of hydrogen-bond donors (Lipinski definition) is 2. The molecule has 0 fully saturated rings. The standard InChI is InChI=1S/C17H21N5OS.2ClH/c1-11(8-15-21-13-6-4-5-7-14(13)24-15)20-17(23)16(18-2)12-9-19-22(3)10-12;;/h4-7,9-11,16,18H,8H2,1-3H3,(H,20,23);2*1H. The number of carbonyl (C=O) groups is 1. The van der Waals surface area contributed by atoms with Crippen LogP contribution in [-0.2, 0) is 18.3 Å². The van der Waals surface area contributed by atoms with Gasteiger partial charge in [-0.3, -0.25) is 9.48 Å². The van der Waals surface area contributed by atoms with Gasteiger partial charge in [0.15, 0.2) is 0 Å². The van der Waals surface area contributed by atoms with Gasteiger partial charge >= 0.3 is 0 Å². The number of aromatic nitrogens is 3. The Labute approximate surface area is 169 Å². The summed E-state index contributed by atoms with van der Waals surface area (Å²) in [5.41, 5.74) is 1.86. The van der Waals surface area contributed by atoms with Crippen molar-refractivity contribution < 1.29 is 4.79 Å². The number of benzene rings is 1. The molecule has 0 bridgehead atoms. The predicted octanol–water partition coefficient (Wildman–Crippen LogP) is 2.88. The van der Waals surface area contributed by atoms with E-state index in [-0.39, 0.29) is 36.8 Å². The number of amides is 1. The summed E-state index contributed by atoms with van der Waals surface area (Å²) < 4.78 is 2.87. The molecular weight excluding hydrogens is 393 g/mol. The van der Waals surface area contributed by atoms with Crippen LogP contribution < -0.4 is 10.6 Å².